The molecule has 0 aliphatic heterocycles. The number of hydrogen-bond donors (Lipinski definition) is 0. The molecule has 0 aromatic heterocycles. The standard InChI is InChI=1S/C14H26O/c1-2-15-14-10-6-9-13(11-14)12-7-4-3-5-8-12/h12-14H,2-11H2,1H3. The summed E-state index contributed by atoms with van der Waals surface area (Å²) in [6.07, 6.45) is 13.6. The van der Waals surface area contributed by atoms with Crippen LogP contribution in [-0.4, -0.2) is 12.7 Å². The first kappa shape index (κ1) is 11.4. The van der Waals surface area contributed by atoms with Gasteiger partial charge in [0.2, 0.25) is 0 Å². The Morgan fingerprint density at radius 2 is 1.60 bits per heavy atom. The Labute approximate surface area is 94.6 Å². The molecule has 0 aromatic rings. The van der Waals surface area contributed by atoms with Gasteiger partial charge < -0.3 is 4.74 Å². The van der Waals surface area contributed by atoms with Gasteiger partial charge in [0, 0.05) is 6.61 Å². The van der Waals surface area contributed by atoms with Gasteiger partial charge in [-0.3, -0.25) is 0 Å². The molecule has 0 heterocycles. The lowest BCUT2D eigenvalue weighted by Crippen LogP contribution is -2.28. The Kier molecular flexibility index (Phi) is 4.49. The third-order valence-corrected chi connectivity index (χ3v) is 4.39. The third-order valence-electron chi connectivity index (χ3n) is 4.39. The van der Waals surface area contributed by atoms with E-state index in [0.29, 0.717) is 6.10 Å². The van der Waals surface area contributed by atoms with Crippen molar-refractivity contribution < 1.29 is 4.74 Å². The topological polar surface area (TPSA) is 9.23 Å². The maximum Gasteiger partial charge on any atom is 0.0577 e. The average Bonchev–Trinajstić information content (AvgIpc) is 2.31. The van der Waals surface area contributed by atoms with E-state index in [1.807, 2.05) is 0 Å². The number of hydrogen-bond acceptors (Lipinski definition) is 1. The van der Waals surface area contributed by atoms with Crippen molar-refractivity contribution in [3.63, 3.8) is 0 Å². The van der Waals surface area contributed by atoms with Gasteiger partial charge in [0.15, 0.2) is 0 Å². The highest BCUT2D eigenvalue weighted by molar-refractivity contribution is 4.80. The molecule has 2 unspecified atom stereocenters. The molecule has 0 amide bonds. The largest absolute Gasteiger partial charge is 0.378 e. The van der Waals surface area contributed by atoms with Gasteiger partial charge in [-0.25, -0.2) is 0 Å². The normalized spacial score (nSPS) is 34.2. The Morgan fingerprint density at radius 1 is 0.867 bits per heavy atom. The van der Waals surface area contributed by atoms with E-state index in [9.17, 15) is 0 Å². The Hall–Kier alpha value is -0.0400. The fourth-order valence-corrected chi connectivity index (χ4v) is 3.60. The summed E-state index contributed by atoms with van der Waals surface area (Å²) < 4.78 is 5.80. The van der Waals surface area contributed by atoms with Gasteiger partial charge in [0.1, 0.15) is 0 Å². The second-order valence-corrected chi connectivity index (χ2v) is 5.40. The third kappa shape index (κ3) is 3.21. The number of ether oxygens (including phenoxy) is 1. The molecule has 0 bridgehead atoms. The summed E-state index contributed by atoms with van der Waals surface area (Å²) >= 11 is 0. The van der Waals surface area contributed by atoms with Gasteiger partial charge >= 0.3 is 0 Å². The van der Waals surface area contributed by atoms with E-state index in [1.165, 1.54) is 57.8 Å². The molecule has 0 saturated heterocycles. The predicted octanol–water partition coefficient (Wildman–Crippen LogP) is 4.16. The summed E-state index contributed by atoms with van der Waals surface area (Å²) in [5, 5.41) is 0. The second kappa shape index (κ2) is 5.89. The minimum absolute atomic E-state index is 0.593. The summed E-state index contributed by atoms with van der Waals surface area (Å²) in [4.78, 5) is 0. The van der Waals surface area contributed by atoms with Crippen molar-refractivity contribution in [3.05, 3.63) is 0 Å². The van der Waals surface area contributed by atoms with Crippen molar-refractivity contribution >= 4 is 0 Å². The van der Waals surface area contributed by atoms with Crippen LogP contribution in [0.2, 0.25) is 0 Å². The summed E-state index contributed by atoms with van der Waals surface area (Å²) in [5.74, 6) is 2.04. The van der Waals surface area contributed by atoms with Crippen LogP contribution in [0.15, 0.2) is 0 Å². The van der Waals surface area contributed by atoms with Crippen LogP contribution in [0.25, 0.3) is 0 Å². The zero-order valence-electron chi connectivity index (χ0n) is 10.2. The van der Waals surface area contributed by atoms with Gasteiger partial charge in [-0.1, -0.05) is 38.5 Å². The lowest BCUT2D eigenvalue weighted by atomic mass is 9.73. The summed E-state index contributed by atoms with van der Waals surface area (Å²) in [5.41, 5.74) is 0. The minimum Gasteiger partial charge on any atom is -0.378 e. The van der Waals surface area contributed by atoms with Crippen LogP contribution in [0.4, 0.5) is 0 Å². The monoisotopic (exact) mass is 210 g/mol. The molecule has 2 fully saturated rings. The predicted molar refractivity (Wildman–Crippen MR) is 63.9 cm³/mol. The lowest BCUT2D eigenvalue weighted by molar-refractivity contribution is 0.00596. The first-order valence-corrected chi connectivity index (χ1v) is 7.01. The maximum atomic E-state index is 5.80. The van der Waals surface area contributed by atoms with E-state index in [2.05, 4.69) is 6.92 Å². The molecular formula is C14H26O. The van der Waals surface area contributed by atoms with Crippen molar-refractivity contribution in [2.75, 3.05) is 6.61 Å². The van der Waals surface area contributed by atoms with Crippen LogP contribution >= 0.6 is 0 Å². The second-order valence-electron chi connectivity index (χ2n) is 5.40. The minimum atomic E-state index is 0.593. The molecular weight excluding hydrogens is 184 g/mol. The van der Waals surface area contributed by atoms with Crippen molar-refractivity contribution in [1.29, 1.82) is 0 Å². The molecule has 1 heteroatoms. The van der Waals surface area contributed by atoms with Gasteiger partial charge in [-0.05, 0) is 38.0 Å². The van der Waals surface area contributed by atoms with Gasteiger partial charge in [0.25, 0.3) is 0 Å². The molecule has 0 spiro atoms. The molecule has 2 aliphatic rings. The van der Waals surface area contributed by atoms with E-state index >= 15 is 0 Å². The summed E-state index contributed by atoms with van der Waals surface area (Å²) in [7, 11) is 0. The van der Waals surface area contributed by atoms with Crippen LogP contribution in [0.5, 0.6) is 0 Å². The molecule has 2 atom stereocenters. The molecule has 0 radical (unpaired) electrons. The highest BCUT2D eigenvalue weighted by Crippen LogP contribution is 2.38. The zero-order chi connectivity index (χ0) is 10.5. The highest BCUT2D eigenvalue weighted by atomic mass is 16.5. The van der Waals surface area contributed by atoms with Crippen LogP contribution in [0.1, 0.15) is 64.7 Å². The van der Waals surface area contributed by atoms with E-state index < -0.39 is 0 Å². The molecule has 15 heavy (non-hydrogen) atoms. The van der Waals surface area contributed by atoms with E-state index in [-0.39, 0.29) is 0 Å². The Bertz CT molecular complexity index is 170. The van der Waals surface area contributed by atoms with Gasteiger partial charge in [0.05, 0.1) is 6.10 Å². The van der Waals surface area contributed by atoms with E-state index in [0.717, 1.165) is 18.4 Å². The highest BCUT2D eigenvalue weighted by Gasteiger charge is 2.29. The van der Waals surface area contributed by atoms with Gasteiger partial charge in [-0.2, -0.15) is 0 Å². The molecule has 2 aliphatic carbocycles. The van der Waals surface area contributed by atoms with E-state index in [4.69, 9.17) is 4.74 Å². The Balaban J connectivity index is 1.80. The van der Waals surface area contributed by atoms with Crippen LogP contribution in [0, 0.1) is 11.8 Å². The smallest absolute Gasteiger partial charge is 0.0577 e. The van der Waals surface area contributed by atoms with Crippen LogP contribution in [-0.2, 0) is 4.74 Å². The molecule has 88 valence electrons. The fraction of sp³-hybridized carbons (Fsp3) is 1.00. The van der Waals surface area contributed by atoms with Crippen LogP contribution < -0.4 is 0 Å². The first-order chi connectivity index (χ1) is 7.40. The molecule has 0 N–H and O–H groups in total. The molecule has 2 rings (SSSR count). The van der Waals surface area contributed by atoms with Crippen molar-refractivity contribution in [1.82, 2.24) is 0 Å². The Morgan fingerprint density at radius 3 is 2.33 bits per heavy atom. The molecule has 0 aromatic carbocycles. The van der Waals surface area contributed by atoms with Crippen molar-refractivity contribution in [2.24, 2.45) is 11.8 Å². The number of rotatable bonds is 3. The summed E-state index contributed by atoms with van der Waals surface area (Å²) in [6.45, 7) is 3.03. The lowest BCUT2D eigenvalue weighted by Gasteiger charge is -2.36. The molecule has 2 saturated carbocycles. The van der Waals surface area contributed by atoms with Gasteiger partial charge in [-0.15, -0.1) is 0 Å². The maximum absolute atomic E-state index is 5.80. The fourth-order valence-electron chi connectivity index (χ4n) is 3.60. The zero-order valence-corrected chi connectivity index (χ0v) is 10.2. The van der Waals surface area contributed by atoms with E-state index in [1.54, 1.807) is 0 Å². The summed E-state index contributed by atoms with van der Waals surface area (Å²) in [6, 6.07) is 0. The first-order valence-electron chi connectivity index (χ1n) is 7.01. The van der Waals surface area contributed by atoms with Crippen molar-refractivity contribution in [2.45, 2.75) is 70.8 Å². The van der Waals surface area contributed by atoms with Crippen molar-refractivity contribution in [3.8, 4) is 0 Å². The quantitative estimate of drug-likeness (QED) is 0.679. The SMILES string of the molecule is CCOC1CCCC(C2CCCCC2)C1. The average molecular weight is 210 g/mol. The van der Waals surface area contributed by atoms with Crippen LogP contribution in [0.3, 0.4) is 0 Å². The molecule has 1 nitrogen and oxygen atoms in total.